The van der Waals surface area contributed by atoms with Crippen molar-refractivity contribution in [2.45, 2.75) is 0 Å². The van der Waals surface area contributed by atoms with Gasteiger partial charge >= 0.3 is 23.1 Å². The molecule has 3 radical (unpaired) electrons. The third-order valence-corrected chi connectivity index (χ3v) is 0. The van der Waals surface area contributed by atoms with Gasteiger partial charge < -0.3 is 0 Å². The molecule has 5 heavy (non-hydrogen) atoms. The van der Waals surface area contributed by atoms with Crippen LogP contribution in [0.1, 0.15) is 0 Å². The van der Waals surface area contributed by atoms with Crippen LogP contribution in [0.3, 0.4) is 0 Å². The largest absolute Gasteiger partial charge is 0.316 e. The van der Waals surface area contributed by atoms with Gasteiger partial charge in [-0.3, -0.25) is 0 Å². The molecule has 0 amide bonds. The van der Waals surface area contributed by atoms with Crippen molar-refractivity contribution < 1.29 is 82.7 Å². The molecular weight excluding hydrogens is 342 g/mol. The molecule has 0 atom stereocenters. The summed E-state index contributed by atoms with van der Waals surface area (Å²) in [6, 6.07) is 0. The summed E-state index contributed by atoms with van der Waals surface area (Å²) in [6.07, 6.45) is 0. The van der Waals surface area contributed by atoms with Crippen LogP contribution in [0.2, 0.25) is 0 Å². The fraction of sp³-hybridized carbons (Fsp3) is 0. The van der Waals surface area contributed by atoms with Crippen LogP contribution in [0.5, 0.6) is 0 Å². The molecule has 0 heterocycles. The minimum absolute atomic E-state index is 0. The fourth-order valence-corrected chi connectivity index (χ4v) is 0. The van der Waals surface area contributed by atoms with E-state index in [1.54, 1.807) is 0 Å². The number of hydrogen-bond acceptors (Lipinski definition) is 0. The maximum absolute atomic E-state index is 0. The maximum Gasteiger partial charge on any atom is 0.316 e. The average Bonchev–Trinajstić information content (AvgIpc) is 0. The van der Waals surface area contributed by atoms with E-state index in [1.165, 1.54) is 0 Å². The van der Waals surface area contributed by atoms with Gasteiger partial charge in [-0.15, -0.1) is 0 Å². The van der Waals surface area contributed by atoms with Gasteiger partial charge in [-0.25, -0.2) is 0 Å². The van der Waals surface area contributed by atoms with Gasteiger partial charge in [0.05, 0.1) is 0 Å². The van der Waals surface area contributed by atoms with Gasteiger partial charge in [-0.05, 0) is 0 Å². The van der Waals surface area contributed by atoms with Gasteiger partial charge in [0.1, 0.15) is 0 Å². The molecular formula is H2AgCuMgMnZr. The summed E-state index contributed by atoms with van der Waals surface area (Å²) < 4.78 is 0. The first-order valence-corrected chi connectivity index (χ1v) is 0. The summed E-state index contributed by atoms with van der Waals surface area (Å²) in [5.41, 5.74) is 0. The molecule has 0 aliphatic carbocycles. The van der Waals surface area contributed by atoms with E-state index in [1.807, 2.05) is 0 Å². The van der Waals surface area contributed by atoms with Gasteiger partial charge in [0.25, 0.3) is 0 Å². The summed E-state index contributed by atoms with van der Waals surface area (Å²) in [5.74, 6) is 0. The summed E-state index contributed by atoms with van der Waals surface area (Å²) in [4.78, 5) is 0. The first kappa shape index (κ1) is 39.6. The van der Waals surface area contributed by atoms with Crippen LogP contribution < -0.4 is 0 Å². The Morgan fingerprint density at radius 1 is 1.00 bits per heavy atom. The van der Waals surface area contributed by atoms with Gasteiger partial charge in [-0.1, -0.05) is 0 Å². The van der Waals surface area contributed by atoms with Crippen LogP contribution in [-0.4, -0.2) is 23.1 Å². The predicted octanol–water partition coefficient (Wildman–Crippen LogP) is -0.926. The second kappa shape index (κ2) is 26.1. The molecule has 0 saturated carbocycles. The quantitative estimate of drug-likeness (QED) is 0.499. The number of rotatable bonds is 0. The first-order chi connectivity index (χ1) is 0. The van der Waals surface area contributed by atoms with Crippen LogP contribution in [0.25, 0.3) is 0 Å². The molecule has 37 valence electrons. The van der Waals surface area contributed by atoms with E-state index in [9.17, 15) is 0 Å². The predicted molar refractivity (Wildman–Crippen MR) is 8.54 cm³/mol. The van der Waals surface area contributed by atoms with E-state index in [-0.39, 0.29) is 106 Å². The first-order valence-electron chi connectivity index (χ1n) is 0. The van der Waals surface area contributed by atoms with E-state index in [2.05, 4.69) is 0 Å². The summed E-state index contributed by atoms with van der Waals surface area (Å²) >= 11 is 0. The van der Waals surface area contributed by atoms with Crippen LogP contribution in [0.15, 0.2) is 0 Å². The Morgan fingerprint density at radius 3 is 1.00 bits per heavy atom. The third-order valence-electron chi connectivity index (χ3n) is 0. The van der Waals surface area contributed by atoms with Crippen molar-refractivity contribution in [1.82, 2.24) is 0 Å². The van der Waals surface area contributed by atoms with Crippen LogP contribution in [-0.2, 0) is 82.7 Å². The Balaban J connectivity index is 0. The molecule has 0 aromatic rings. The maximum atomic E-state index is 0. The molecule has 0 spiro atoms. The Hall–Kier alpha value is 3.43. The fourth-order valence-electron chi connectivity index (χ4n) is 0. The molecule has 0 aliphatic heterocycles. The Labute approximate surface area is 104 Å². The van der Waals surface area contributed by atoms with Crippen molar-refractivity contribution in [2.75, 3.05) is 0 Å². The smallest absolute Gasteiger partial charge is 0 e. The average molecular weight is 344 g/mol. The zero-order chi connectivity index (χ0) is 0. The molecule has 0 saturated heterocycles. The molecule has 0 rings (SSSR count). The molecule has 0 nitrogen and oxygen atoms in total. The normalized spacial score (nSPS) is 0. The zero-order valence-electron chi connectivity index (χ0n) is 1.48. The van der Waals surface area contributed by atoms with Gasteiger partial charge in [-0.2, -0.15) is 0 Å². The molecule has 5 heteroatoms. The van der Waals surface area contributed by atoms with Gasteiger partial charge in [0.2, 0.25) is 0 Å². The second-order valence-corrected chi connectivity index (χ2v) is 0. The van der Waals surface area contributed by atoms with Crippen molar-refractivity contribution in [1.29, 1.82) is 0 Å². The minimum atomic E-state index is 0. The molecule has 0 aromatic carbocycles. The molecule has 0 aromatic heterocycles. The monoisotopic (exact) mass is 341 g/mol. The van der Waals surface area contributed by atoms with E-state index >= 15 is 0 Å². The van der Waals surface area contributed by atoms with E-state index in [0.29, 0.717) is 0 Å². The Kier molecular flexibility index (Phi) is 207. The van der Waals surface area contributed by atoms with Crippen LogP contribution in [0, 0.1) is 0 Å². The molecule has 0 fully saturated rings. The Morgan fingerprint density at radius 2 is 1.00 bits per heavy atom. The van der Waals surface area contributed by atoms with E-state index < -0.39 is 0 Å². The van der Waals surface area contributed by atoms with E-state index in [0.717, 1.165) is 0 Å². The van der Waals surface area contributed by atoms with Gasteiger partial charge in [0, 0.05) is 82.7 Å². The summed E-state index contributed by atoms with van der Waals surface area (Å²) in [5, 5.41) is 0. The third kappa shape index (κ3) is 18.6. The van der Waals surface area contributed by atoms with Crippen molar-refractivity contribution >= 4 is 23.1 Å². The van der Waals surface area contributed by atoms with Gasteiger partial charge in [0.15, 0.2) is 0 Å². The zero-order valence-corrected chi connectivity index (χ0v) is 7.54. The molecule has 0 N–H and O–H groups in total. The minimum Gasteiger partial charge on any atom is 0 e. The molecule has 0 unspecified atom stereocenters. The van der Waals surface area contributed by atoms with Crippen molar-refractivity contribution in [3.63, 3.8) is 0 Å². The standard InChI is InChI=1S/Ag.Cu.Mg.Mn.Zr.2H. The van der Waals surface area contributed by atoms with Crippen molar-refractivity contribution in [3.05, 3.63) is 0 Å². The van der Waals surface area contributed by atoms with E-state index in [4.69, 9.17) is 0 Å². The van der Waals surface area contributed by atoms with Crippen molar-refractivity contribution in [3.8, 4) is 0 Å². The summed E-state index contributed by atoms with van der Waals surface area (Å²) in [6.45, 7) is 0. The topological polar surface area (TPSA) is 0 Å². The van der Waals surface area contributed by atoms with Crippen molar-refractivity contribution in [2.24, 2.45) is 0 Å². The molecule has 0 bridgehead atoms. The Bertz CT molecular complexity index is 11.6. The SMILES string of the molecule is [Ag].[Cu].[MgH2].[Mn].[Zr]. The van der Waals surface area contributed by atoms with Crippen LogP contribution >= 0.6 is 0 Å². The second-order valence-electron chi connectivity index (χ2n) is 0. The van der Waals surface area contributed by atoms with Crippen LogP contribution in [0.4, 0.5) is 0 Å². The number of hydrogen-bond donors (Lipinski definition) is 0. The molecule has 0 aliphatic rings. The summed E-state index contributed by atoms with van der Waals surface area (Å²) in [7, 11) is 0.